The van der Waals surface area contributed by atoms with E-state index in [0.717, 1.165) is 34.6 Å². The molecule has 0 bridgehead atoms. The summed E-state index contributed by atoms with van der Waals surface area (Å²) in [6.07, 6.45) is 0. The molecule has 156 valence electrons. The average molecular weight is 409 g/mol. The monoisotopic (exact) mass is 408 g/mol. The molecule has 5 rings (SSSR count). The molecule has 0 aliphatic heterocycles. The minimum absolute atomic E-state index is 0.267. The van der Waals surface area contributed by atoms with Crippen LogP contribution in [0.15, 0.2) is 83.3 Å². The minimum atomic E-state index is -0.267. The van der Waals surface area contributed by atoms with Crippen LogP contribution in [-0.2, 0) is 12.0 Å². The van der Waals surface area contributed by atoms with E-state index >= 15 is 0 Å². The van der Waals surface area contributed by atoms with E-state index in [0.29, 0.717) is 5.92 Å². The Morgan fingerprint density at radius 1 is 0.903 bits per heavy atom. The number of aromatic nitrogens is 2. The Bertz CT molecular complexity index is 1360. The molecule has 0 aliphatic carbocycles. The van der Waals surface area contributed by atoms with Crippen molar-refractivity contribution in [2.45, 2.75) is 45.6 Å². The second-order valence-corrected chi connectivity index (χ2v) is 9.18. The molecule has 0 atom stereocenters. The van der Waals surface area contributed by atoms with Crippen molar-refractivity contribution in [1.82, 2.24) is 9.55 Å². The third kappa shape index (κ3) is 3.44. The number of para-hydroxylation sites is 2. The van der Waals surface area contributed by atoms with Gasteiger partial charge in [-0.3, -0.25) is 0 Å². The van der Waals surface area contributed by atoms with Gasteiger partial charge in [-0.25, -0.2) is 4.98 Å². The molecular weight excluding hydrogens is 380 g/mol. The molecular formula is C28H28N2O. The summed E-state index contributed by atoms with van der Waals surface area (Å²) in [7, 11) is 0. The van der Waals surface area contributed by atoms with Gasteiger partial charge in [-0.2, -0.15) is 0 Å². The Kier molecular flexibility index (Phi) is 4.70. The van der Waals surface area contributed by atoms with Crippen molar-refractivity contribution in [3.05, 3.63) is 102 Å². The lowest BCUT2D eigenvalue weighted by atomic mass is 9.83. The lowest BCUT2D eigenvalue weighted by molar-refractivity contribution is 0.521. The van der Waals surface area contributed by atoms with E-state index in [-0.39, 0.29) is 5.41 Å². The highest BCUT2D eigenvalue weighted by Crippen LogP contribution is 2.36. The van der Waals surface area contributed by atoms with Crippen molar-refractivity contribution in [2.24, 2.45) is 0 Å². The summed E-state index contributed by atoms with van der Waals surface area (Å²) < 4.78 is 8.40. The largest absolute Gasteiger partial charge is 0.461 e. The predicted molar refractivity (Wildman–Crippen MR) is 128 cm³/mol. The van der Waals surface area contributed by atoms with Crippen molar-refractivity contribution < 1.29 is 4.42 Å². The van der Waals surface area contributed by atoms with Gasteiger partial charge in [0.1, 0.15) is 17.2 Å². The normalized spacial score (nSPS) is 12.3. The zero-order valence-electron chi connectivity index (χ0n) is 18.6. The predicted octanol–water partition coefficient (Wildman–Crippen LogP) is 7.28. The van der Waals surface area contributed by atoms with Gasteiger partial charge in [0, 0.05) is 23.3 Å². The van der Waals surface area contributed by atoms with Crippen LogP contribution >= 0.6 is 0 Å². The van der Waals surface area contributed by atoms with E-state index in [9.17, 15) is 0 Å². The van der Waals surface area contributed by atoms with Crippen LogP contribution in [0.4, 0.5) is 0 Å². The molecule has 3 aromatic carbocycles. The third-order valence-corrected chi connectivity index (χ3v) is 6.22. The van der Waals surface area contributed by atoms with Gasteiger partial charge in [-0.05, 0) is 55.3 Å². The van der Waals surface area contributed by atoms with Crippen molar-refractivity contribution in [2.75, 3.05) is 0 Å². The number of benzene rings is 3. The van der Waals surface area contributed by atoms with E-state index in [1.54, 1.807) is 0 Å². The smallest absolute Gasteiger partial charge is 0.134 e. The molecule has 0 saturated carbocycles. The van der Waals surface area contributed by atoms with E-state index < -0.39 is 0 Å². The molecule has 2 aromatic heterocycles. The Hall–Kier alpha value is -3.33. The maximum Gasteiger partial charge on any atom is 0.134 e. The minimum Gasteiger partial charge on any atom is -0.461 e. The first kappa shape index (κ1) is 19.6. The fraction of sp³-hybridized carbons (Fsp3) is 0.250. The van der Waals surface area contributed by atoms with Crippen LogP contribution < -0.4 is 0 Å². The molecule has 0 unspecified atom stereocenters. The molecule has 0 radical (unpaired) electrons. The van der Waals surface area contributed by atoms with Gasteiger partial charge in [-0.15, -0.1) is 0 Å². The molecule has 0 N–H and O–H groups in total. The maximum absolute atomic E-state index is 6.03. The number of nitrogens with zero attached hydrogens (tertiary/aromatic N) is 2. The van der Waals surface area contributed by atoms with Crippen LogP contribution in [0.25, 0.3) is 22.0 Å². The maximum atomic E-state index is 6.03. The van der Waals surface area contributed by atoms with E-state index in [4.69, 9.17) is 9.40 Å². The van der Waals surface area contributed by atoms with E-state index in [2.05, 4.69) is 111 Å². The number of hydrogen-bond donors (Lipinski definition) is 0. The summed E-state index contributed by atoms with van der Waals surface area (Å²) in [5, 5.41) is 1.15. The number of imidazole rings is 1. The van der Waals surface area contributed by atoms with Crippen LogP contribution in [0.5, 0.6) is 0 Å². The van der Waals surface area contributed by atoms with Crippen LogP contribution in [-0.4, -0.2) is 9.55 Å². The summed E-state index contributed by atoms with van der Waals surface area (Å²) in [4.78, 5) is 5.11. The molecule has 0 spiro atoms. The molecule has 2 heterocycles. The van der Waals surface area contributed by atoms with Crippen molar-refractivity contribution in [3.63, 3.8) is 0 Å². The average Bonchev–Trinajstić information content (AvgIpc) is 3.36. The van der Waals surface area contributed by atoms with Crippen LogP contribution in [0.2, 0.25) is 0 Å². The highest BCUT2D eigenvalue weighted by atomic mass is 16.3. The fourth-order valence-electron chi connectivity index (χ4n) is 4.34. The molecule has 0 fully saturated rings. The highest BCUT2D eigenvalue weighted by Gasteiger charge is 2.30. The van der Waals surface area contributed by atoms with Gasteiger partial charge in [0.2, 0.25) is 0 Å². The molecule has 0 aliphatic rings. The second-order valence-electron chi connectivity index (χ2n) is 9.18. The number of fused-ring (bicyclic) bond motifs is 2. The summed E-state index contributed by atoms with van der Waals surface area (Å²) in [5.74, 6) is 2.48. The third-order valence-electron chi connectivity index (χ3n) is 6.22. The fourth-order valence-corrected chi connectivity index (χ4v) is 4.34. The number of hydrogen-bond acceptors (Lipinski definition) is 2. The highest BCUT2D eigenvalue weighted by molar-refractivity contribution is 5.80. The Labute approximate surface area is 183 Å². The Morgan fingerprint density at radius 3 is 2.42 bits per heavy atom. The van der Waals surface area contributed by atoms with Gasteiger partial charge in [0.15, 0.2) is 0 Å². The molecule has 5 aromatic rings. The standard InChI is InChI=1S/C28H28N2O/c1-19(2)26-17-21-16-22(14-15-25(21)31-26)28(3,4)27-29-23-12-8-9-13-24(23)30(27)18-20-10-6-5-7-11-20/h5-17,19H,18H2,1-4H3. The lowest BCUT2D eigenvalue weighted by Gasteiger charge is -2.26. The van der Waals surface area contributed by atoms with Crippen LogP contribution in [0, 0.1) is 0 Å². The molecule has 31 heavy (non-hydrogen) atoms. The first-order valence-electron chi connectivity index (χ1n) is 11.0. The first-order valence-corrected chi connectivity index (χ1v) is 11.0. The van der Waals surface area contributed by atoms with Gasteiger partial charge in [0.05, 0.1) is 11.0 Å². The zero-order valence-corrected chi connectivity index (χ0v) is 18.6. The molecule has 0 amide bonds. The van der Waals surface area contributed by atoms with E-state index in [1.807, 2.05) is 0 Å². The second kappa shape index (κ2) is 7.42. The number of furan rings is 1. The molecule has 0 saturated heterocycles. The SMILES string of the molecule is CC(C)c1cc2cc(C(C)(C)c3nc4ccccc4n3Cc3ccccc3)ccc2o1. The Morgan fingerprint density at radius 2 is 1.65 bits per heavy atom. The zero-order chi connectivity index (χ0) is 21.6. The lowest BCUT2D eigenvalue weighted by Crippen LogP contribution is -2.24. The van der Waals surface area contributed by atoms with E-state index in [1.165, 1.54) is 16.6 Å². The summed E-state index contributed by atoms with van der Waals surface area (Å²) in [6, 6.07) is 27.7. The van der Waals surface area contributed by atoms with Gasteiger partial charge >= 0.3 is 0 Å². The summed E-state index contributed by atoms with van der Waals surface area (Å²) >= 11 is 0. The quantitative estimate of drug-likeness (QED) is 0.306. The van der Waals surface area contributed by atoms with Gasteiger partial charge in [0.25, 0.3) is 0 Å². The topological polar surface area (TPSA) is 31.0 Å². The first-order chi connectivity index (χ1) is 14.9. The van der Waals surface area contributed by atoms with Crippen LogP contribution in [0.3, 0.4) is 0 Å². The van der Waals surface area contributed by atoms with Gasteiger partial charge in [-0.1, -0.05) is 62.4 Å². The molecule has 3 heteroatoms. The Balaban J connectivity index is 1.65. The van der Waals surface area contributed by atoms with Gasteiger partial charge < -0.3 is 8.98 Å². The summed E-state index contributed by atoms with van der Waals surface area (Å²) in [5.41, 5.74) is 5.39. The summed E-state index contributed by atoms with van der Waals surface area (Å²) in [6.45, 7) is 9.65. The van der Waals surface area contributed by atoms with Crippen LogP contribution in [0.1, 0.15) is 56.3 Å². The van der Waals surface area contributed by atoms with Crippen molar-refractivity contribution >= 4 is 22.0 Å². The molecule has 3 nitrogen and oxygen atoms in total. The number of rotatable bonds is 5. The van der Waals surface area contributed by atoms with Crippen molar-refractivity contribution in [3.8, 4) is 0 Å². The van der Waals surface area contributed by atoms with Crippen molar-refractivity contribution in [1.29, 1.82) is 0 Å².